The summed E-state index contributed by atoms with van der Waals surface area (Å²) in [4.78, 5) is 15.2. The number of nitrogens with two attached hydrogens (primary N) is 1. The molecule has 3 fully saturated rings. The van der Waals surface area contributed by atoms with Crippen molar-refractivity contribution in [1.82, 2.24) is 4.90 Å². The summed E-state index contributed by atoms with van der Waals surface area (Å²) in [7, 11) is 0. The van der Waals surface area contributed by atoms with E-state index in [0.717, 1.165) is 44.1 Å². The van der Waals surface area contributed by atoms with Gasteiger partial charge in [-0.2, -0.15) is 0 Å². The molecule has 0 radical (unpaired) electrons. The number of piperidine rings is 1. The zero-order valence-electron chi connectivity index (χ0n) is 12.9. The zero-order valence-corrected chi connectivity index (χ0v) is 12.9. The van der Waals surface area contributed by atoms with Crippen molar-refractivity contribution in [2.45, 2.75) is 82.7 Å². The highest BCUT2D eigenvalue weighted by molar-refractivity contribution is 5.86. The van der Waals surface area contributed by atoms with Gasteiger partial charge < -0.3 is 10.6 Å². The third-order valence-electron chi connectivity index (χ3n) is 6.17. The second-order valence-corrected chi connectivity index (χ2v) is 7.50. The van der Waals surface area contributed by atoms with E-state index in [1.807, 2.05) is 0 Å². The van der Waals surface area contributed by atoms with Crippen LogP contribution < -0.4 is 5.73 Å². The molecule has 0 spiro atoms. The van der Waals surface area contributed by atoms with Gasteiger partial charge in [0.1, 0.15) is 0 Å². The van der Waals surface area contributed by atoms with Crippen molar-refractivity contribution < 1.29 is 4.79 Å². The molecule has 0 aromatic carbocycles. The molecule has 20 heavy (non-hydrogen) atoms. The molecule has 3 heteroatoms. The Balaban J connectivity index is 1.76. The summed E-state index contributed by atoms with van der Waals surface area (Å²) in [5.41, 5.74) is 5.96. The van der Waals surface area contributed by atoms with E-state index in [1.165, 1.54) is 38.5 Å². The fraction of sp³-hybridized carbons (Fsp3) is 0.941. The van der Waals surface area contributed by atoms with E-state index in [0.29, 0.717) is 6.04 Å². The van der Waals surface area contributed by atoms with Crippen LogP contribution in [0.15, 0.2) is 0 Å². The van der Waals surface area contributed by atoms with Crippen LogP contribution in [-0.2, 0) is 4.79 Å². The van der Waals surface area contributed by atoms with Crippen LogP contribution in [0.4, 0.5) is 0 Å². The third-order valence-corrected chi connectivity index (χ3v) is 6.17. The first-order valence-electron chi connectivity index (χ1n) is 8.72. The number of carbonyl (C=O) groups is 1. The molecule has 1 saturated heterocycles. The van der Waals surface area contributed by atoms with Gasteiger partial charge in [-0.25, -0.2) is 0 Å². The lowest BCUT2D eigenvalue weighted by Gasteiger charge is -2.50. The quantitative estimate of drug-likeness (QED) is 0.801. The van der Waals surface area contributed by atoms with Crippen molar-refractivity contribution in [3.05, 3.63) is 0 Å². The summed E-state index contributed by atoms with van der Waals surface area (Å²) in [6.07, 6.45) is 11.6. The lowest BCUT2D eigenvalue weighted by Crippen LogP contribution is -2.62. The second kappa shape index (κ2) is 5.67. The fourth-order valence-electron chi connectivity index (χ4n) is 4.85. The van der Waals surface area contributed by atoms with Crippen molar-refractivity contribution in [1.29, 1.82) is 0 Å². The first-order chi connectivity index (χ1) is 9.62. The lowest BCUT2D eigenvalue weighted by atomic mass is 9.71. The number of amides is 1. The normalized spacial score (nSPS) is 37.3. The average molecular weight is 278 g/mol. The van der Waals surface area contributed by atoms with Crippen LogP contribution in [0.1, 0.15) is 71.1 Å². The smallest absolute Gasteiger partial charge is 0.242 e. The SMILES string of the molecule is CC1CCN(C(=O)C2(N)CCCCC2)C2CCCCC12. The first kappa shape index (κ1) is 14.4. The van der Waals surface area contributed by atoms with Gasteiger partial charge in [0.05, 0.1) is 5.54 Å². The maximum atomic E-state index is 13.0. The maximum Gasteiger partial charge on any atom is 0.242 e. The molecule has 0 bridgehead atoms. The van der Waals surface area contributed by atoms with Crippen LogP contribution in [0.25, 0.3) is 0 Å². The van der Waals surface area contributed by atoms with Crippen molar-refractivity contribution in [3.8, 4) is 0 Å². The van der Waals surface area contributed by atoms with Crippen molar-refractivity contribution >= 4 is 5.91 Å². The minimum absolute atomic E-state index is 0.279. The number of carbonyl (C=O) groups excluding carboxylic acids is 1. The summed E-state index contributed by atoms with van der Waals surface area (Å²) in [5.74, 6) is 1.79. The topological polar surface area (TPSA) is 46.3 Å². The predicted octanol–water partition coefficient (Wildman–Crippen LogP) is 3.08. The molecule has 3 aliphatic rings. The molecular formula is C17H30N2O. The summed E-state index contributed by atoms with van der Waals surface area (Å²) < 4.78 is 0. The Bertz CT molecular complexity index is 362. The molecule has 2 aliphatic carbocycles. The van der Waals surface area contributed by atoms with Crippen molar-refractivity contribution in [2.24, 2.45) is 17.6 Å². The molecule has 3 atom stereocenters. The van der Waals surface area contributed by atoms with Gasteiger partial charge in [-0.05, 0) is 43.9 Å². The Morgan fingerprint density at radius 1 is 1.05 bits per heavy atom. The van der Waals surface area contributed by atoms with Gasteiger partial charge in [0.15, 0.2) is 0 Å². The van der Waals surface area contributed by atoms with E-state index in [1.54, 1.807) is 0 Å². The minimum atomic E-state index is -0.541. The van der Waals surface area contributed by atoms with E-state index >= 15 is 0 Å². The van der Waals surface area contributed by atoms with Gasteiger partial charge in [0.25, 0.3) is 0 Å². The Morgan fingerprint density at radius 2 is 1.75 bits per heavy atom. The Hall–Kier alpha value is -0.570. The van der Waals surface area contributed by atoms with Crippen LogP contribution in [0.3, 0.4) is 0 Å². The standard InChI is InChI=1S/C17H30N2O/c1-13-9-12-19(15-8-4-3-7-14(13)15)16(20)17(18)10-5-2-6-11-17/h13-15H,2-12,18H2,1H3. The number of fused-ring (bicyclic) bond motifs is 1. The molecular weight excluding hydrogens is 248 g/mol. The van der Waals surface area contributed by atoms with E-state index in [9.17, 15) is 4.79 Å². The molecule has 114 valence electrons. The van der Waals surface area contributed by atoms with Crippen LogP contribution in [-0.4, -0.2) is 28.9 Å². The van der Waals surface area contributed by atoms with Gasteiger partial charge in [-0.3, -0.25) is 4.79 Å². The molecule has 0 aromatic rings. The predicted molar refractivity (Wildman–Crippen MR) is 81.2 cm³/mol. The van der Waals surface area contributed by atoms with Gasteiger partial charge in [-0.15, -0.1) is 0 Å². The van der Waals surface area contributed by atoms with Crippen molar-refractivity contribution in [3.63, 3.8) is 0 Å². The highest BCUT2D eigenvalue weighted by Crippen LogP contribution is 2.40. The van der Waals surface area contributed by atoms with Gasteiger partial charge in [0.2, 0.25) is 5.91 Å². The summed E-state index contributed by atoms with van der Waals surface area (Å²) in [6, 6.07) is 0.488. The van der Waals surface area contributed by atoms with Crippen LogP contribution in [0.5, 0.6) is 0 Å². The number of likely N-dealkylation sites (tertiary alicyclic amines) is 1. The number of nitrogens with zero attached hydrogens (tertiary/aromatic N) is 1. The Morgan fingerprint density at radius 3 is 2.50 bits per heavy atom. The highest BCUT2D eigenvalue weighted by Gasteiger charge is 2.45. The Labute approximate surface area is 123 Å². The largest absolute Gasteiger partial charge is 0.338 e. The molecule has 1 aliphatic heterocycles. The zero-order chi connectivity index (χ0) is 14.2. The van der Waals surface area contributed by atoms with Gasteiger partial charge in [0, 0.05) is 12.6 Å². The van der Waals surface area contributed by atoms with Crippen LogP contribution in [0.2, 0.25) is 0 Å². The lowest BCUT2D eigenvalue weighted by molar-refractivity contribution is -0.146. The summed E-state index contributed by atoms with van der Waals surface area (Å²) >= 11 is 0. The molecule has 3 nitrogen and oxygen atoms in total. The average Bonchev–Trinajstić information content (AvgIpc) is 2.48. The molecule has 3 rings (SSSR count). The third kappa shape index (κ3) is 2.49. The van der Waals surface area contributed by atoms with E-state index in [4.69, 9.17) is 5.73 Å². The molecule has 1 amide bonds. The maximum absolute atomic E-state index is 13.0. The minimum Gasteiger partial charge on any atom is -0.338 e. The summed E-state index contributed by atoms with van der Waals surface area (Å²) in [5, 5.41) is 0. The van der Waals surface area contributed by atoms with Gasteiger partial charge in [-0.1, -0.05) is 39.0 Å². The van der Waals surface area contributed by atoms with Crippen LogP contribution >= 0.6 is 0 Å². The van der Waals surface area contributed by atoms with E-state index in [-0.39, 0.29) is 5.91 Å². The highest BCUT2D eigenvalue weighted by atomic mass is 16.2. The molecule has 0 aromatic heterocycles. The number of hydrogen-bond donors (Lipinski definition) is 1. The summed E-state index contributed by atoms with van der Waals surface area (Å²) in [6.45, 7) is 3.32. The molecule has 3 unspecified atom stereocenters. The molecule has 1 heterocycles. The molecule has 2 saturated carbocycles. The fourth-order valence-corrected chi connectivity index (χ4v) is 4.85. The second-order valence-electron chi connectivity index (χ2n) is 7.50. The number of hydrogen-bond acceptors (Lipinski definition) is 2. The van der Waals surface area contributed by atoms with Crippen LogP contribution in [0, 0.1) is 11.8 Å². The first-order valence-corrected chi connectivity index (χ1v) is 8.72. The molecule has 2 N–H and O–H groups in total. The van der Waals surface area contributed by atoms with E-state index < -0.39 is 5.54 Å². The monoisotopic (exact) mass is 278 g/mol. The number of rotatable bonds is 1. The van der Waals surface area contributed by atoms with E-state index in [2.05, 4.69) is 11.8 Å². The van der Waals surface area contributed by atoms with Crippen molar-refractivity contribution in [2.75, 3.05) is 6.54 Å². The Kier molecular flexibility index (Phi) is 4.07. The van der Waals surface area contributed by atoms with Gasteiger partial charge >= 0.3 is 0 Å².